The van der Waals surface area contributed by atoms with Crippen molar-refractivity contribution in [3.8, 4) is 11.5 Å². The van der Waals surface area contributed by atoms with Crippen LogP contribution in [0.5, 0.6) is 11.5 Å². The van der Waals surface area contributed by atoms with Crippen LogP contribution >= 0.6 is 0 Å². The first-order valence-corrected chi connectivity index (χ1v) is 8.92. The number of phenolic OH excluding ortho intramolecular Hbond substituents is 2. The molecular formula is C19H21NO7. The maximum atomic E-state index is 12.7. The lowest BCUT2D eigenvalue weighted by Gasteiger charge is -2.37. The van der Waals surface area contributed by atoms with Gasteiger partial charge in [-0.3, -0.25) is 4.79 Å². The van der Waals surface area contributed by atoms with Crippen LogP contribution in [-0.2, 0) is 20.7 Å². The molecule has 2 aromatic rings. The molecule has 0 atom stereocenters. The zero-order valence-corrected chi connectivity index (χ0v) is 15.0. The Balaban J connectivity index is 1.56. The van der Waals surface area contributed by atoms with Gasteiger partial charge in [-0.2, -0.15) is 0 Å². The molecule has 4 rings (SSSR count). The van der Waals surface area contributed by atoms with Gasteiger partial charge in [-0.05, 0) is 12.5 Å². The molecule has 2 aliphatic rings. The topological polar surface area (TPSA) is 109 Å². The van der Waals surface area contributed by atoms with Crippen LogP contribution in [0, 0.1) is 6.92 Å². The first-order chi connectivity index (χ1) is 12.9. The second-order valence-corrected chi connectivity index (χ2v) is 7.00. The quantitative estimate of drug-likeness (QED) is 0.764. The number of rotatable bonds is 2. The summed E-state index contributed by atoms with van der Waals surface area (Å²) in [5.41, 5.74) is 0.126. The Morgan fingerprint density at radius 2 is 1.85 bits per heavy atom. The number of carbonyl (C=O) groups is 1. The Morgan fingerprint density at radius 3 is 2.52 bits per heavy atom. The summed E-state index contributed by atoms with van der Waals surface area (Å²) in [7, 11) is 0. The molecule has 0 aliphatic carbocycles. The second kappa shape index (κ2) is 6.54. The van der Waals surface area contributed by atoms with E-state index in [4.69, 9.17) is 13.9 Å². The number of ether oxygens (including phenoxy) is 2. The van der Waals surface area contributed by atoms with Crippen LogP contribution in [0.3, 0.4) is 0 Å². The average Bonchev–Trinajstić information content (AvgIpc) is 3.06. The molecule has 0 saturated carbocycles. The van der Waals surface area contributed by atoms with E-state index < -0.39 is 11.4 Å². The van der Waals surface area contributed by atoms with Gasteiger partial charge in [0.15, 0.2) is 5.79 Å². The molecule has 27 heavy (non-hydrogen) atoms. The number of carbonyl (C=O) groups excluding carboxylic acids is 1. The first kappa shape index (κ1) is 17.8. The normalized spacial score (nSPS) is 19.1. The Kier molecular flexibility index (Phi) is 4.32. The highest BCUT2D eigenvalue weighted by Gasteiger charge is 2.40. The molecule has 0 radical (unpaired) electrons. The van der Waals surface area contributed by atoms with Crippen molar-refractivity contribution in [2.45, 2.75) is 32.0 Å². The number of amides is 1. The van der Waals surface area contributed by atoms with Gasteiger partial charge in [0, 0.05) is 38.1 Å². The lowest BCUT2D eigenvalue weighted by Crippen LogP contribution is -2.48. The number of nitrogens with zero attached hydrogens (tertiary/aromatic N) is 1. The van der Waals surface area contributed by atoms with Crippen LogP contribution in [0.2, 0.25) is 0 Å². The van der Waals surface area contributed by atoms with Crippen LogP contribution in [0.1, 0.15) is 24.0 Å². The monoisotopic (exact) mass is 375 g/mol. The minimum absolute atomic E-state index is 0.0849. The van der Waals surface area contributed by atoms with E-state index >= 15 is 0 Å². The number of hydrogen-bond acceptors (Lipinski definition) is 7. The molecule has 8 nitrogen and oxygen atoms in total. The van der Waals surface area contributed by atoms with Crippen molar-refractivity contribution in [1.82, 2.24) is 4.90 Å². The van der Waals surface area contributed by atoms with Crippen LogP contribution in [0.4, 0.5) is 0 Å². The van der Waals surface area contributed by atoms with Crippen LogP contribution < -0.4 is 5.63 Å². The van der Waals surface area contributed by atoms with Crippen molar-refractivity contribution in [1.29, 1.82) is 0 Å². The molecule has 1 spiro atoms. The molecule has 0 bridgehead atoms. The molecule has 2 fully saturated rings. The van der Waals surface area contributed by atoms with E-state index in [1.54, 1.807) is 11.8 Å². The Labute approximate surface area is 154 Å². The Morgan fingerprint density at radius 1 is 1.19 bits per heavy atom. The lowest BCUT2D eigenvalue weighted by molar-refractivity contribution is -0.187. The molecule has 144 valence electrons. The third-order valence-electron chi connectivity index (χ3n) is 5.36. The second-order valence-electron chi connectivity index (χ2n) is 7.00. The Bertz CT molecular complexity index is 949. The van der Waals surface area contributed by atoms with E-state index in [-0.39, 0.29) is 35.0 Å². The highest BCUT2D eigenvalue weighted by molar-refractivity contribution is 5.90. The summed E-state index contributed by atoms with van der Waals surface area (Å²) >= 11 is 0. The molecule has 3 heterocycles. The maximum Gasteiger partial charge on any atom is 0.340 e. The number of likely N-dealkylation sites (tertiary alicyclic amines) is 1. The molecule has 8 heteroatoms. The van der Waals surface area contributed by atoms with Gasteiger partial charge < -0.3 is 29.0 Å². The minimum atomic E-state index is -0.644. The van der Waals surface area contributed by atoms with Crippen LogP contribution in [0.25, 0.3) is 11.0 Å². The van der Waals surface area contributed by atoms with Gasteiger partial charge in [0.25, 0.3) is 0 Å². The summed E-state index contributed by atoms with van der Waals surface area (Å²) < 4.78 is 16.5. The van der Waals surface area contributed by atoms with Gasteiger partial charge in [0.05, 0.1) is 30.6 Å². The van der Waals surface area contributed by atoms with Gasteiger partial charge in [0.2, 0.25) is 5.91 Å². The van der Waals surface area contributed by atoms with Crippen LogP contribution in [-0.4, -0.2) is 53.1 Å². The van der Waals surface area contributed by atoms with Gasteiger partial charge in [-0.1, -0.05) is 0 Å². The summed E-state index contributed by atoms with van der Waals surface area (Å²) in [4.78, 5) is 26.8. The molecule has 2 saturated heterocycles. The molecule has 2 N–H and O–H groups in total. The van der Waals surface area contributed by atoms with Crippen molar-refractivity contribution < 1.29 is 28.9 Å². The number of aromatic hydroxyl groups is 2. The van der Waals surface area contributed by atoms with Crippen molar-refractivity contribution in [3.05, 3.63) is 33.7 Å². The fraction of sp³-hybridized carbons (Fsp3) is 0.474. The number of phenols is 2. The molecule has 0 unspecified atom stereocenters. The highest BCUT2D eigenvalue weighted by atomic mass is 16.7. The number of piperidine rings is 1. The summed E-state index contributed by atoms with van der Waals surface area (Å²) in [5, 5.41) is 20.0. The largest absolute Gasteiger partial charge is 0.508 e. The van der Waals surface area contributed by atoms with Gasteiger partial charge in [-0.15, -0.1) is 0 Å². The van der Waals surface area contributed by atoms with Crippen molar-refractivity contribution in [2.24, 2.45) is 0 Å². The smallest absolute Gasteiger partial charge is 0.340 e. The summed E-state index contributed by atoms with van der Waals surface area (Å²) in [6.45, 7) is 3.80. The predicted molar refractivity (Wildman–Crippen MR) is 94.7 cm³/mol. The fourth-order valence-corrected chi connectivity index (χ4v) is 3.86. The maximum absolute atomic E-state index is 12.7. The van der Waals surface area contributed by atoms with Crippen LogP contribution in [0.15, 0.2) is 21.3 Å². The summed E-state index contributed by atoms with van der Waals surface area (Å²) in [5.74, 6) is -1.15. The fourth-order valence-electron chi connectivity index (χ4n) is 3.86. The van der Waals surface area contributed by atoms with E-state index in [2.05, 4.69) is 0 Å². The van der Waals surface area contributed by atoms with Crippen molar-refractivity contribution >= 4 is 16.9 Å². The standard InChI is InChI=1S/C19H21NO7/c1-11-13(18(24)27-15-9-12(21)8-14(22)17(11)15)10-16(23)20-4-2-19(3-5-20)25-6-7-26-19/h8-9,21-22H,2-7,10H2,1H3. The van der Waals surface area contributed by atoms with E-state index in [1.807, 2.05) is 0 Å². The number of benzene rings is 1. The SMILES string of the molecule is Cc1c(CC(=O)N2CCC3(CC2)OCCO3)c(=O)oc2cc(O)cc(O)c12. The zero-order chi connectivity index (χ0) is 19.2. The molecule has 1 aromatic heterocycles. The van der Waals surface area contributed by atoms with E-state index in [9.17, 15) is 19.8 Å². The molecule has 2 aliphatic heterocycles. The van der Waals surface area contributed by atoms with Crippen molar-refractivity contribution in [2.75, 3.05) is 26.3 Å². The predicted octanol–water partition coefficient (Wildman–Crippen LogP) is 1.42. The summed E-state index contributed by atoms with van der Waals surface area (Å²) in [6.07, 6.45) is 1.09. The lowest BCUT2D eigenvalue weighted by atomic mass is 10.00. The number of aryl methyl sites for hydroxylation is 1. The third kappa shape index (κ3) is 3.15. The third-order valence-corrected chi connectivity index (χ3v) is 5.36. The van der Waals surface area contributed by atoms with E-state index in [0.717, 1.165) is 0 Å². The molecule has 1 aromatic carbocycles. The average molecular weight is 375 g/mol. The highest BCUT2D eigenvalue weighted by Crippen LogP contribution is 2.33. The van der Waals surface area contributed by atoms with E-state index in [0.29, 0.717) is 50.1 Å². The van der Waals surface area contributed by atoms with Gasteiger partial charge in [-0.25, -0.2) is 4.79 Å². The van der Waals surface area contributed by atoms with Gasteiger partial charge in [0.1, 0.15) is 17.1 Å². The molecule has 1 amide bonds. The summed E-state index contributed by atoms with van der Waals surface area (Å²) in [6, 6.07) is 2.44. The minimum Gasteiger partial charge on any atom is -0.508 e. The molecular weight excluding hydrogens is 354 g/mol. The van der Waals surface area contributed by atoms with Crippen molar-refractivity contribution in [3.63, 3.8) is 0 Å². The number of hydrogen-bond donors (Lipinski definition) is 2. The Hall–Kier alpha value is -2.58. The zero-order valence-electron chi connectivity index (χ0n) is 15.0. The number of fused-ring (bicyclic) bond motifs is 1. The van der Waals surface area contributed by atoms with Gasteiger partial charge >= 0.3 is 5.63 Å². The first-order valence-electron chi connectivity index (χ1n) is 8.92. The van der Waals surface area contributed by atoms with E-state index in [1.165, 1.54) is 12.1 Å².